The summed E-state index contributed by atoms with van der Waals surface area (Å²) in [5, 5.41) is 10.6. The summed E-state index contributed by atoms with van der Waals surface area (Å²) in [5.41, 5.74) is 0.786. The van der Waals surface area contributed by atoms with Crippen LogP contribution in [0.1, 0.15) is 31.7 Å². The molecule has 2 unspecified atom stereocenters. The van der Waals surface area contributed by atoms with E-state index in [-0.39, 0.29) is 25.4 Å². The Kier molecular flexibility index (Phi) is 6.03. The van der Waals surface area contributed by atoms with Crippen LogP contribution in [0.3, 0.4) is 0 Å². The predicted molar refractivity (Wildman–Crippen MR) is 87.7 cm³/mol. The van der Waals surface area contributed by atoms with Crippen molar-refractivity contribution in [2.45, 2.75) is 32.0 Å². The predicted octanol–water partition coefficient (Wildman–Crippen LogP) is 1.90. The molecule has 7 nitrogen and oxygen atoms in total. The van der Waals surface area contributed by atoms with Crippen molar-refractivity contribution >= 4 is 11.9 Å². The molecule has 1 N–H and O–H groups in total. The molecular formula is C18H22O7. The molecule has 1 heterocycles. The van der Waals surface area contributed by atoms with Gasteiger partial charge in [-0.1, -0.05) is 12.1 Å². The molecule has 0 saturated heterocycles. The van der Waals surface area contributed by atoms with E-state index in [4.69, 9.17) is 18.9 Å². The largest absolute Gasteiger partial charge is 0.497 e. The summed E-state index contributed by atoms with van der Waals surface area (Å²) in [6, 6.07) is 7.09. The lowest BCUT2D eigenvalue weighted by Crippen LogP contribution is -2.46. The van der Waals surface area contributed by atoms with E-state index in [1.807, 2.05) is 0 Å². The Morgan fingerprint density at radius 2 is 1.84 bits per heavy atom. The quantitative estimate of drug-likeness (QED) is 0.784. The summed E-state index contributed by atoms with van der Waals surface area (Å²) in [6.07, 6.45) is 1.45. The van der Waals surface area contributed by atoms with Gasteiger partial charge in [-0.3, -0.25) is 0 Å². The van der Waals surface area contributed by atoms with Crippen LogP contribution in [0.25, 0.3) is 0 Å². The topological polar surface area (TPSA) is 91.3 Å². The lowest BCUT2D eigenvalue weighted by Gasteiger charge is -2.33. The van der Waals surface area contributed by atoms with E-state index in [2.05, 4.69) is 0 Å². The minimum Gasteiger partial charge on any atom is -0.497 e. The van der Waals surface area contributed by atoms with Crippen molar-refractivity contribution in [2.75, 3.05) is 20.3 Å². The molecule has 7 heteroatoms. The molecule has 2 atom stereocenters. The smallest absolute Gasteiger partial charge is 0.379 e. The van der Waals surface area contributed by atoms with E-state index in [1.54, 1.807) is 45.2 Å². The number of hydrogen-bond donors (Lipinski definition) is 1. The van der Waals surface area contributed by atoms with Crippen molar-refractivity contribution in [3.63, 3.8) is 0 Å². The average Bonchev–Trinajstić information content (AvgIpc) is 2.61. The van der Waals surface area contributed by atoms with Gasteiger partial charge in [-0.05, 0) is 37.6 Å². The number of carbonyl (C=O) groups is 2. The minimum atomic E-state index is -2.25. The van der Waals surface area contributed by atoms with E-state index in [9.17, 15) is 14.7 Å². The van der Waals surface area contributed by atoms with Crippen molar-refractivity contribution in [1.82, 2.24) is 0 Å². The molecule has 0 aliphatic carbocycles. The number of hydrogen-bond acceptors (Lipinski definition) is 7. The standard InChI is InChI=1S/C18H22O7/c1-4-23-16(19)15-10-13(12-6-8-14(22-3)9-7-12)11-18(21,25-15)17(20)24-5-2/h6-10,13,21H,4-5,11H2,1-3H3. The highest BCUT2D eigenvalue weighted by atomic mass is 16.7. The monoisotopic (exact) mass is 350 g/mol. The fraction of sp³-hybridized carbons (Fsp3) is 0.444. The van der Waals surface area contributed by atoms with Crippen LogP contribution in [0.4, 0.5) is 0 Å². The Bertz CT molecular complexity index is 650. The van der Waals surface area contributed by atoms with Crippen LogP contribution in [-0.2, 0) is 23.8 Å². The number of carbonyl (C=O) groups excluding carboxylic acids is 2. The number of allylic oxidation sites excluding steroid dienone is 1. The van der Waals surface area contributed by atoms with E-state index in [0.29, 0.717) is 5.75 Å². The molecule has 0 spiro atoms. The van der Waals surface area contributed by atoms with Gasteiger partial charge in [-0.2, -0.15) is 0 Å². The zero-order chi connectivity index (χ0) is 18.4. The molecule has 0 fully saturated rings. The Balaban J connectivity index is 2.36. The summed E-state index contributed by atoms with van der Waals surface area (Å²) in [4.78, 5) is 24.2. The fourth-order valence-corrected chi connectivity index (χ4v) is 2.54. The van der Waals surface area contributed by atoms with Crippen molar-refractivity contribution < 1.29 is 33.6 Å². The summed E-state index contributed by atoms with van der Waals surface area (Å²) in [7, 11) is 1.56. The molecule has 1 aliphatic heterocycles. The fourth-order valence-electron chi connectivity index (χ4n) is 2.54. The Morgan fingerprint density at radius 3 is 2.40 bits per heavy atom. The SMILES string of the molecule is CCOC(=O)C1=CC(c2ccc(OC)cc2)CC(O)(C(=O)OCC)O1. The number of esters is 2. The highest BCUT2D eigenvalue weighted by Gasteiger charge is 2.47. The van der Waals surface area contributed by atoms with E-state index >= 15 is 0 Å². The zero-order valence-electron chi connectivity index (χ0n) is 14.5. The highest BCUT2D eigenvalue weighted by molar-refractivity contribution is 5.88. The van der Waals surface area contributed by atoms with E-state index < -0.39 is 23.6 Å². The number of rotatable bonds is 6. The third-order valence-electron chi connectivity index (χ3n) is 3.74. The van der Waals surface area contributed by atoms with Gasteiger partial charge in [-0.25, -0.2) is 9.59 Å². The normalized spacial score (nSPS) is 22.4. The second-order valence-electron chi connectivity index (χ2n) is 5.44. The summed E-state index contributed by atoms with van der Waals surface area (Å²) >= 11 is 0. The van der Waals surface area contributed by atoms with Gasteiger partial charge < -0.3 is 24.1 Å². The van der Waals surface area contributed by atoms with Crippen LogP contribution in [0.2, 0.25) is 0 Å². The molecule has 0 radical (unpaired) electrons. The van der Waals surface area contributed by atoms with Crippen molar-refractivity contribution in [3.8, 4) is 5.75 Å². The van der Waals surface area contributed by atoms with Crippen molar-refractivity contribution in [1.29, 1.82) is 0 Å². The van der Waals surface area contributed by atoms with Crippen molar-refractivity contribution in [2.24, 2.45) is 0 Å². The number of methoxy groups -OCH3 is 1. The molecule has 1 aromatic carbocycles. The van der Waals surface area contributed by atoms with Crippen LogP contribution in [0.15, 0.2) is 36.1 Å². The zero-order valence-corrected chi connectivity index (χ0v) is 14.5. The molecular weight excluding hydrogens is 328 g/mol. The van der Waals surface area contributed by atoms with Gasteiger partial charge in [0.05, 0.1) is 20.3 Å². The third kappa shape index (κ3) is 4.30. The van der Waals surface area contributed by atoms with Crippen LogP contribution in [-0.4, -0.2) is 43.2 Å². The maximum atomic E-state index is 12.1. The molecule has 0 bridgehead atoms. The first kappa shape index (κ1) is 18.8. The van der Waals surface area contributed by atoms with Gasteiger partial charge in [0.15, 0.2) is 0 Å². The first-order valence-electron chi connectivity index (χ1n) is 8.05. The molecule has 25 heavy (non-hydrogen) atoms. The first-order valence-corrected chi connectivity index (χ1v) is 8.05. The Morgan fingerprint density at radius 1 is 1.20 bits per heavy atom. The van der Waals surface area contributed by atoms with E-state index in [1.165, 1.54) is 6.08 Å². The minimum absolute atomic E-state index is 0.0795. The number of aliphatic hydroxyl groups is 1. The van der Waals surface area contributed by atoms with Crippen molar-refractivity contribution in [3.05, 3.63) is 41.7 Å². The van der Waals surface area contributed by atoms with Gasteiger partial charge in [0.25, 0.3) is 0 Å². The number of benzene rings is 1. The van der Waals surface area contributed by atoms with Gasteiger partial charge in [-0.15, -0.1) is 0 Å². The average molecular weight is 350 g/mol. The molecule has 1 aliphatic rings. The van der Waals surface area contributed by atoms with Gasteiger partial charge in [0, 0.05) is 12.3 Å². The lowest BCUT2D eigenvalue weighted by atomic mass is 9.88. The van der Waals surface area contributed by atoms with Gasteiger partial charge in [0.1, 0.15) is 5.75 Å². The maximum Gasteiger partial charge on any atom is 0.379 e. The molecule has 0 aromatic heterocycles. The summed E-state index contributed by atoms with van der Waals surface area (Å²) < 4.78 is 20.2. The molecule has 2 rings (SSSR count). The van der Waals surface area contributed by atoms with Gasteiger partial charge >= 0.3 is 17.7 Å². The maximum absolute atomic E-state index is 12.1. The van der Waals surface area contributed by atoms with Crippen LogP contribution >= 0.6 is 0 Å². The van der Waals surface area contributed by atoms with Crippen LogP contribution in [0, 0.1) is 0 Å². The lowest BCUT2D eigenvalue weighted by molar-refractivity contribution is -0.224. The summed E-state index contributed by atoms with van der Waals surface area (Å²) in [5.74, 6) is -3.92. The highest BCUT2D eigenvalue weighted by Crippen LogP contribution is 2.37. The first-order chi connectivity index (χ1) is 11.9. The molecule has 136 valence electrons. The summed E-state index contributed by atoms with van der Waals surface area (Å²) in [6.45, 7) is 3.49. The van der Waals surface area contributed by atoms with Crippen LogP contribution in [0.5, 0.6) is 5.75 Å². The van der Waals surface area contributed by atoms with Crippen LogP contribution < -0.4 is 4.74 Å². The Labute approximate surface area is 146 Å². The number of ether oxygens (including phenoxy) is 4. The van der Waals surface area contributed by atoms with E-state index in [0.717, 1.165) is 5.56 Å². The molecule has 1 aromatic rings. The van der Waals surface area contributed by atoms with Gasteiger partial charge in [0.2, 0.25) is 5.76 Å². The molecule has 0 saturated carbocycles. The Hall–Kier alpha value is -2.54. The molecule has 0 amide bonds. The second kappa shape index (κ2) is 8.02. The second-order valence-corrected chi connectivity index (χ2v) is 5.44. The third-order valence-corrected chi connectivity index (χ3v) is 3.74.